The molecule has 0 radical (unpaired) electrons. The minimum atomic E-state index is -4.40. The number of hydrogen-bond acceptors (Lipinski definition) is 5. The molecule has 1 fully saturated rings. The van der Waals surface area contributed by atoms with Gasteiger partial charge in [0.2, 0.25) is 0 Å². The quantitative estimate of drug-likeness (QED) is 0.552. The number of hydrogen-bond donors (Lipinski definition) is 1. The number of aryl methyl sites for hydroxylation is 2. The molecule has 1 saturated carbocycles. The van der Waals surface area contributed by atoms with Gasteiger partial charge in [0.25, 0.3) is 5.56 Å². The van der Waals surface area contributed by atoms with Crippen LogP contribution < -0.4 is 16.7 Å². The Morgan fingerprint density at radius 3 is 2.40 bits per heavy atom. The average Bonchev–Trinajstić information content (AvgIpc) is 3.22. The lowest BCUT2D eigenvalue weighted by Gasteiger charge is -2.17. The van der Waals surface area contributed by atoms with E-state index in [9.17, 15) is 22.8 Å². The molecular formula is C20H27F3N4O2S. The Balaban J connectivity index is 2.18. The van der Waals surface area contributed by atoms with Gasteiger partial charge in [0.05, 0.1) is 22.9 Å². The molecule has 0 amide bonds. The topological polar surface area (TPSA) is 68.4 Å². The van der Waals surface area contributed by atoms with Gasteiger partial charge in [0, 0.05) is 18.1 Å². The van der Waals surface area contributed by atoms with E-state index in [1.165, 1.54) is 4.57 Å². The lowest BCUT2D eigenvalue weighted by molar-refractivity contribution is -0.136. The maximum absolute atomic E-state index is 13.2. The molecule has 2 aromatic heterocycles. The minimum absolute atomic E-state index is 0.259. The minimum Gasteiger partial charge on any atom is -0.305 e. The summed E-state index contributed by atoms with van der Waals surface area (Å²) in [5, 5.41) is 4.51. The Hall–Kier alpha value is -2.10. The molecule has 0 aliphatic heterocycles. The van der Waals surface area contributed by atoms with E-state index in [2.05, 4.69) is 10.5 Å². The van der Waals surface area contributed by atoms with Crippen molar-refractivity contribution in [3.05, 3.63) is 31.3 Å². The molecule has 0 spiro atoms. The normalized spacial score (nSPS) is 16.2. The van der Waals surface area contributed by atoms with Crippen molar-refractivity contribution in [2.75, 3.05) is 0 Å². The number of thiophene rings is 1. The van der Waals surface area contributed by atoms with E-state index in [1.807, 2.05) is 20.8 Å². The molecule has 0 saturated heterocycles. The summed E-state index contributed by atoms with van der Waals surface area (Å²) in [6.07, 6.45) is -0.792. The highest BCUT2D eigenvalue weighted by molar-refractivity contribution is 7.20. The lowest BCUT2D eigenvalue weighted by atomic mass is 10.1. The molecule has 1 aliphatic rings. The smallest absolute Gasteiger partial charge is 0.305 e. The Labute approximate surface area is 176 Å². The third-order valence-electron chi connectivity index (χ3n) is 5.17. The van der Waals surface area contributed by atoms with Gasteiger partial charge in [0.1, 0.15) is 4.83 Å². The van der Waals surface area contributed by atoms with E-state index in [-0.39, 0.29) is 16.4 Å². The van der Waals surface area contributed by atoms with Crippen molar-refractivity contribution in [2.45, 2.75) is 84.1 Å². The van der Waals surface area contributed by atoms with Crippen molar-refractivity contribution in [3.63, 3.8) is 0 Å². The van der Waals surface area contributed by atoms with Crippen LogP contribution in [0, 0.1) is 6.92 Å². The van der Waals surface area contributed by atoms with Crippen molar-refractivity contribution in [1.82, 2.24) is 14.6 Å². The largest absolute Gasteiger partial charge is 0.390 e. The molecule has 10 heteroatoms. The zero-order chi connectivity index (χ0) is 22.3. The zero-order valence-corrected chi connectivity index (χ0v) is 18.4. The van der Waals surface area contributed by atoms with Gasteiger partial charge < -0.3 is 5.43 Å². The summed E-state index contributed by atoms with van der Waals surface area (Å²) in [5.74, 6) is 0. The van der Waals surface area contributed by atoms with Crippen LogP contribution in [0.2, 0.25) is 0 Å². The van der Waals surface area contributed by atoms with Gasteiger partial charge in [-0.2, -0.15) is 18.3 Å². The summed E-state index contributed by atoms with van der Waals surface area (Å²) in [5.41, 5.74) is 2.27. The number of hydrazone groups is 1. The number of nitrogens with zero attached hydrogens (tertiary/aromatic N) is 3. The predicted octanol–water partition coefficient (Wildman–Crippen LogP) is 4.32. The second-order valence-electron chi connectivity index (χ2n) is 8.80. The molecule has 3 rings (SSSR count). The average molecular weight is 445 g/mol. The van der Waals surface area contributed by atoms with Gasteiger partial charge in [0.15, 0.2) is 0 Å². The molecule has 0 unspecified atom stereocenters. The van der Waals surface area contributed by atoms with Gasteiger partial charge in [-0.05, 0) is 46.1 Å². The maximum Gasteiger partial charge on any atom is 0.390 e. The van der Waals surface area contributed by atoms with Crippen LogP contribution in [0.3, 0.4) is 0 Å². The number of rotatable bonds is 5. The Morgan fingerprint density at radius 1 is 1.20 bits per heavy atom. The second kappa shape index (κ2) is 8.20. The van der Waals surface area contributed by atoms with Crippen LogP contribution in [0.15, 0.2) is 14.7 Å². The lowest BCUT2D eigenvalue weighted by Crippen LogP contribution is -2.42. The Bertz CT molecular complexity index is 1070. The van der Waals surface area contributed by atoms with E-state index in [0.29, 0.717) is 28.7 Å². The molecule has 1 N–H and O–H groups in total. The summed E-state index contributed by atoms with van der Waals surface area (Å²) < 4.78 is 41.0. The van der Waals surface area contributed by atoms with Crippen molar-refractivity contribution in [1.29, 1.82) is 0 Å². The van der Waals surface area contributed by atoms with Gasteiger partial charge in [-0.3, -0.25) is 13.9 Å². The molecule has 166 valence electrons. The number of fused-ring (bicyclic) bond motifs is 1. The van der Waals surface area contributed by atoms with Crippen molar-refractivity contribution < 1.29 is 13.2 Å². The Kier molecular flexibility index (Phi) is 6.18. The number of alkyl halides is 3. The fourth-order valence-corrected chi connectivity index (χ4v) is 4.90. The van der Waals surface area contributed by atoms with Gasteiger partial charge in [-0.25, -0.2) is 4.79 Å². The summed E-state index contributed by atoms with van der Waals surface area (Å²) in [4.78, 5) is 27.2. The summed E-state index contributed by atoms with van der Waals surface area (Å²) in [7, 11) is 0. The van der Waals surface area contributed by atoms with E-state index in [0.717, 1.165) is 28.7 Å². The first kappa shape index (κ1) is 22.6. The molecule has 0 atom stereocenters. The SMILES string of the molecule is Cc1c(C=NNC(C)(C)C)sc2c1c(=O)n(C1CCCC1)c(=O)n2CCC(F)(F)F. The number of aromatic nitrogens is 2. The van der Waals surface area contributed by atoms with E-state index in [4.69, 9.17) is 0 Å². The molecule has 2 aromatic rings. The van der Waals surface area contributed by atoms with E-state index in [1.54, 1.807) is 13.1 Å². The number of halogens is 3. The molecule has 6 nitrogen and oxygen atoms in total. The highest BCUT2D eigenvalue weighted by Gasteiger charge is 2.30. The van der Waals surface area contributed by atoms with Crippen LogP contribution in [0.25, 0.3) is 10.2 Å². The number of nitrogens with one attached hydrogen (secondary N) is 1. The second-order valence-corrected chi connectivity index (χ2v) is 9.83. The summed E-state index contributed by atoms with van der Waals surface area (Å²) >= 11 is 1.12. The predicted molar refractivity (Wildman–Crippen MR) is 114 cm³/mol. The van der Waals surface area contributed by atoms with Crippen LogP contribution in [0.4, 0.5) is 13.2 Å². The van der Waals surface area contributed by atoms with Crippen molar-refractivity contribution in [3.8, 4) is 0 Å². The van der Waals surface area contributed by atoms with Crippen LogP contribution in [-0.4, -0.2) is 27.1 Å². The first-order valence-corrected chi connectivity index (χ1v) is 10.9. The third kappa shape index (κ3) is 4.79. The van der Waals surface area contributed by atoms with Gasteiger partial charge in [-0.1, -0.05) is 12.8 Å². The molecule has 0 aromatic carbocycles. The Morgan fingerprint density at radius 2 is 1.83 bits per heavy atom. The highest BCUT2D eigenvalue weighted by atomic mass is 32.1. The molecule has 1 aliphatic carbocycles. The van der Waals surface area contributed by atoms with Crippen LogP contribution >= 0.6 is 11.3 Å². The molecule has 2 heterocycles. The summed E-state index contributed by atoms with van der Waals surface area (Å²) in [6.45, 7) is 7.06. The highest BCUT2D eigenvalue weighted by Crippen LogP contribution is 2.31. The maximum atomic E-state index is 13.2. The fraction of sp³-hybridized carbons (Fsp3) is 0.650. The van der Waals surface area contributed by atoms with Crippen molar-refractivity contribution in [2.24, 2.45) is 5.10 Å². The molecule has 30 heavy (non-hydrogen) atoms. The summed E-state index contributed by atoms with van der Waals surface area (Å²) in [6, 6.07) is -0.259. The van der Waals surface area contributed by atoms with Crippen LogP contribution in [-0.2, 0) is 6.54 Å². The monoisotopic (exact) mass is 444 g/mol. The van der Waals surface area contributed by atoms with E-state index >= 15 is 0 Å². The first-order valence-electron chi connectivity index (χ1n) is 10.0. The van der Waals surface area contributed by atoms with Crippen molar-refractivity contribution >= 4 is 27.8 Å². The van der Waals surface area contributed by atoms with Gasteiger partial charge >= 0.3 is 11.9 Å². The third-order valence-corrected chi connectivity index (χ3v) is 6.42. The standard InChI is InChI=1S/C20H27F3N4O2S/c1-12-14(11-24-25-19(2,3)4)30-17-15(12)16(28)27(13-7-5-6-8-13)18(29)26(17)10-9-20(21,22)23/h11,13,25H,5-10H2,1-4H3. The first-order chi connectivity index (χ1) is 13.9. The van der Waals surface area contributed by atoms with Crippen LogP contribution in [0.5, 0.6) is 0 Å². The van der Waals surface area contributed by atoms with Gasteiger partial charge in [-0.15, -0.1) is 11.3 Å². The zero-order valence-electron chi connectivity index (χ0n) is 17.6. The molecular weight excluding hydrogens is 417 g/mol. The fourth-order valence-electron chi connectivity index (χ4n) is 3.71. The van der Waals surface area contributed by atoms with Crippen LogP contribution in [0.1, 0.15) is 69.4 Å². The molecule has 0 bridgehead atoms. The van der Waals surface area contributed by atoms with E-state index < -0.39 is 30.4 Å².